The zero-order valence-electron chi connectivity index (χ0n) is 9.96. The topological polar surface area (TPSA) is 26.0 Å². The Hall–Kier alpha value is -0.240. The standard InChI is InChI=1S/C14H19Cl2N/c15-13-7-3-6-11(14(13)16)8-10-4-1-2-5-12(10)9-17/h3,6-7,10,12H,1-2,4-5,8-9,17H2. The minimum absolute atomic E-state index is 0.652. The third kappa shape index (κ3) is 3.15. The lowest BCUT2D eigenvalue weighted by molar-refractivity contribution is 0.242. The van der Waals surface area contributed by atoms with Crippen molar-refractivity contribution < 1.29 is 0 Å². The smallest absolute Gasteiger partial charge is 0.0624 e. The fourth-order valence-corrected chi connectivity index (χ4v) is 3.25. The Morgan fingerprint density at radius 2 is 1.82 bits per heavy atom. The molecule has 0 amide bonds. The lowest BCUT2D eigenvalue weighted by Crippen LogP contribution is -2.28. The lowest BCUT2D eigenvalue weighted by Gasteiger charge is -2.31. The van der Waals surface area contributed by atoms with Crippen LogP contribution in [0.15, 0.2) is 18.2 Å². The molecule has 0 bridgehead atoms. The number of hydrogen-bond acceptors (Lipinski definition) is 1. The van der Waals surface area contributed by atoms with Crippen molar-refractivity contribution in [2.45, 2.75) is 32.1 Å². The summed E-state index contributed by atoms with van der Waals surface area (Å²) in [4.78, 5) is 0. The van der Waals surface area contributed by atoms with Gasteiger partial charge in [0.1, 0.15) is 0 Å². The number of halogens is 2. The van der Waals surface area contributed by atoms with Gasteiger partial charge in [0.25, 0.3) is 0 Å². The molecule has 2 unspecified atom stereocenters. The molecule has 0 radical (unpaired) electrons. The van der Waals surface area contributed by atoms with E-state index in [9.17, 15) is 0 Å². The highest BCUT2D eigenvalue weighted by molar-refractivity contribution is 6.42. The van der Waals surface area contributed by atoms with Crippen LogP contribution in [0.5, 0.6) is 0 Å². The van der Waals surface area contributed by atoms with E-state index in [0.29, 0.717) is 16.9 Å². The van der Waals surface area contributed by atoms with Gasteiger partial charge in [0.2, 0.25) is 0 Å². The van der Waals surface area contributed by atoms with Crippen LogP contribution < -0.4 is 5.73 Å². The van der Waals surface area contributed by atoms with E-state index in [0.717, 1.165) is 18.0 Å². The summed E-state index contributed by atoms with van der Waals surface area (Å²) in [5, 5.41) is 1.37. The summed E-state index contributed by atoms with van der Waals surface area (Å²) in [6, 6.07) is 5.90. The second-order valence-electron chi connectivity index (χ2n) is 4.96. The molecule has 3 heteroatoms. The molecule has 1 fully saturated rings. The van der Waals surface area contributed by atoms with Gasteiger partial charge in [-0.1, -0.05) is 48.2 Å². The van der Waals surface area contributed by atoms with Crippen molar-refractivity contribution in [2.24, 2.45) is 17.6 Å². The molecule has 2 rings (SSSR count). The molecule has 0 aromatic heterocycles. The molecule has 94 valence electrons. The average molecular weight is 272 g/mol. The minimum atomic E-state index is 0.652. The Balaban J connectivity index is 2.11. The van der Waals surface area contributed by atoms with Crippen molar-refractivity contribution in [2.75, 3.05) is 6.54 Å². The number of nitrogens with two attached hydrogens (primary N) is 1. The third-order valence-electron chi connectivity index (χ3n) is 3.88. The summed E-state index contributed by atoms with van der Waals surface area (Å²) in [5.41, 5.74) is 7.03. The Kier molecular flexibility index (Phi) is 4.72. The van der Waals surface area contributed by atoms with E-state index in [1.807, 2.05) is 12.1 Å². The maximum Gasteiger partial charge on any atom is 0.0624 e. The van der Waals surface area contributed by atoms with E-state index >= 15 is 0 Å². The molecule has 17 heavy (non-hydrogen) atoms. The van der Waals surface area contributed by atoms with Crippen LogP contribution in [0.4, 0.5) is 0 Å². The first-order chi connectivity index (χ1) is 8.22. The molecule has 0 aliphatic heterocycles. The van der Waals surface area contributed by atoms with Gasteiger partial charge >= 0.3 is 0 Å². The Labute approximate surface area is 113 Å². The predicted molar refractivity (Wildman–Crippen MR) is 74.7 cm³/mol. The Morgan fingerprint density at radius 3 is 2.53 bits per heavy atom. The molecule has 1 aromatic carbocycles. The summed E-state index contributed by atoms with van der Waals surface area (Å²) in [5.74, 6) is 1.32. The molecule has 1 aliphatic carbocycles. The number of rotatable bonds is 3. The van der Waals surface area contributed by atoms with E-state index in [4.69, 9.17) is 28.9 Å². The van der Waals surface area contributed by atoms with Crippen LogP contribution in [-0.2, 0) is 6.42 Å². The molecular formula is C14H19Cl2N. The van der Waals surface area contributed by atoms with Gasteiger partial charge in [-0.2, -0.15) is 0 Å². The van der Waals surface area contributed by atoms with Crippen molar-refractivity contribution >= 4 is 23.2 Å². The summed E-state index contributed by atoms with van der Waals surface area (Å²) in [7, 11) is 0. The van der Waals surface area contributed by atoms with E-state index in [1.54, 1.807) is 0 Å². The van der Waals surface area contributed by atoms with Gasteiger partial charge in [0.15, 0.2) is 0 Å². The first-order valence-electron chi connectivity index (χ1n) is 6.35. The third-order valence-corrected chi connectivity index (χ3v) is 4.74. The molecule has 2 N–H and O–H groups in total. The van der Waals surface area contributed by atoms with Crippen LogP contribution in [0, 0.1) is 11.8 Å². The largest absolute Gasteiger partial charge is 0.330 e. The molecule has 2 atom stereocenters. The fraction of sp³-hybridized carbons (Fsp3) is 0.571. The Morgan fingerprint density at radius 1 is 1.12 bits per heavy atom. The van der Waals surface area contributed by atoms with E-state index in [-0.39, 0.29) is 0 Å². The predicted octanol–water partition coefficient (Wildman–Crippen LogP) is 4.30. The summed E-state index contributed by atoms with van der Waals surface area (Å²) >= 11 is 12.3. The lowest BCUT2D eigenvalue weighted by atomic mass is 9.76. The van der Waals surface area contributed by atoms with Crippen LogP contribution in [0.1, 0.15) is 31.2 Å². The van der Waals surface area contributed by atoms with E-state index < -0.39 is 0 Å². The van der Waals surface area contributed by atoms with Gasteiger partial charge in [-0.15, -0.1) is 0 Å². The van der Waals surface area contributed by atoms with Gasteiger partial charge in [-0.05, 0) is 49.3 Å². The molecule has 1 aromatic rings. The number of hydrogen-bond donors (Lipinski definition) is 1. The van der Waals surface area contributed by atoms with Crippen LogP contribution >= 0.6 is 23.2 Å². The van der Waals surface area contributed by atoms with Gasteiger partial charge in [0.05, 0.1) is 10.0 Å². The normalized spacial score (nSPS) is 24.9. The van der Waals surface area contributed by atoms with Crippen molar-refractivity contribution in [3.8, 4) is 0 Å². The quantitative estimate of drug-likeness (QED) is 0.872. The highest BCUT2D eigenvalue weighted by Crippen LogP contribution is 2.35. The first kappa shape index (κ1) is 13.2. The first-order valence-corrected chi connectivity index (χ1v) is 7.11. The zero-order valence-corrected chi connectivity index (χ0v) is 11.5. The maximum atomic E-state index is 6.24. The van der Waals surface area contributed by atoms with Crippen molar-refractivity contribution in [1.82, 2.24) is 0 Å². The molecular weight excluding hydrogens is 253 g/mol. The molecule has 1 aliphatic rings. The van der Waals surface area contributed by atoms with Crippen LogP contribution in [0.3, 0.4) is 0 Å². The van der Waals surface area contributed by atoms with Crippen molar-refractivity contribution in [3.05, 3.63) is 33.8 Å². The zero-order chi connectivity index (χ0) is 12.3. The summed E-state index contributed by atoms with van der Waals surface area (Å²) in [6.07, 6.45) is 6.19. The van der Waals surface area contributed by atoms with Crippen LogP contribution in [-0.4, -0.2) is 6.54 Å². The molecule has 1 saturated carbocycles. The summed E-state index contributed by atoms with van der Waals surface area (Å²) in [6.45, 7) is 0.794. The fourth-order valence-electron chi connectivity index (χ4n) is 2.85. The second-order valence-corrected chi connectivity index (χ2v) is 5.74. The minimum Gasteiger partial charge on any atom is -0.330 e. The van der Waals surface area contributed by atoms with Gasteiger partial charge < -0.3 is 5.73 Å². The molecule has 0 spiro atoms. The van der Waals surface area contributed by atoms with Crippen molar-refractivity contribution in [1.29, 1.82) is 0 Å². The van der Waals surface area contributed by atoms with Crippen LogP contribution in [0.25, 0.3) is 0 Å². The second kappa shape index (κ2) is 6.08. The van der Waals surface area contributed by atoms with Gasteiger partial charge in [-0.25, -0.2) is 0 Å². The SMILES string of the molecule is NCC1CCCCC1Cc1cccc(Cl)c1Cl. The average Bonchev–Trinajstić information content (AvgIpc) is 2.35. The highest BCUT2D eigenvalue weighted by Gasteiger charge is 2.24. The number of benzene rings is 1. The van der Waals surface area contributed by atoms with Crippen LogP contribution in [0.2, 0.25) is 10.0 Å². The van der Waals surface area contributed by atoms with Crippen molar-refractivity contribution in [3.63, 3.8) is 0 Å². The van der Waals surface area contributed by atoms with E-state index in [1.165, 1.54) is 31.2 Å². The highest BCUT2D eigenvalue weighted by atomic mass is 35.5. The molecule has 0 heterocycles. The maximum absolute atomic E-state index is 6.24. The van der Waals surface area contributed by atoms with E-state index in [2.05, 4.69) is 6.07 Å². The Bertz CT molecular complexity index is 378. The molecule has 0 saturated heterocycles. The monoisotopic (exact) mass is 271 g/mol. The summed E-state index contributed by atoms with van der Waals surface area (Å²) < 4.78 is 0. The molecule has 1 nitrogen and oxygen atoms in total. The van der Waals surface area contributed by atoms with Gasteiger partial charge in [0, 0.05) is 0 Å². The van der Waals surface area contributed by atoms with Gasteiger partial charge in [-0.3, -0.25) is 0 Å².